The zero-order chi connectivity index (χ0) is 48.1. The molecule has 1 saturated carbocycles. The van der Waals surface area contributed by atoms with Gasteiger partial charge in [0.15, 0.2) is 5.13 Å². The lowest BCUT2D eigenvalue weighted by Crippen LogP contribution is -2.56. The number of likely N-dealkylation sites (tertiary alicyclic amines) is 1. The molecule has 2 aliphatic heterocycles. The minimum Gasteiger partial charge on any atom is -0.497 e. The summed E-state index contributed by atoms with van der Waals surface area (Å²) in [5.74, 6) is -1.44. The largest absolute Gasteiger partial charge is 0.497 e. The van der Waals surface area contributed by atoms with E-state index in [1.54, 1.807) is 64.3 Å². The molecule has 2 fully saturated rings. The van der Waals surface area contributed by atoms with E-state index in [-0.39, 0.29) is 36.7 Å². The molecule has 1 saturated heterocycles. The number of pyridine rings is 1. The highest BCUT2D eigenvalue weighted by atomic mass is 32.2. The van der Waals surface area contributed by atoms with Gasteiger partial charge in [0.2, 0.25) is 11.8 Å². The number of thiazole rings is 1. The average molecular weight is 959 g/mol. The summed E-state index contributed by atoms with van der Waals surface area (Å²) in [4.78, 5) is 67.5. The smallest absolute Gasteiger partial charge is 0.407 e. The lowest BCUT2D eigenvalue weighted by atomic mass is 10.1. The van der Waals surface area contributed by atoms with E-state index in [1.807, 2.05) is 44.4 Å². The van der Waals surface area contributed by atoms with Crippen LogP contribution in [0.25, 0.3) is 22.3 Å². The predicted octanol–water partition coefficient (Wildman–Crippen LogP) is 7.15. The molecule has 19 heteroatoms. The predicted molar refractivity (Wildman–Crippen MR) is 258 cm³/mol. The van der Waals surface area contributed by atoms with Gasteiger partial charge in [0, 0.05) is 60.3 Å². The number of hydrogen-bond donors (Lipinski definition) is 5. The Balaban J connectivity index is 1.20. The van der Waals surface area contributed by atoms with Crippen molar-refractivity contribution < 1.29 is 41.8 Å². The molecule has 3 aliphatic rings. The number of anilines is 2. The molecule has 0 spiro atoms. The maximum atomic E-state index is 14.8. The summed E-state index contributed by atoms with van der Waals surface area (Å²) < 4.78 is 47.8. The molecule has 1 aliphatic carbocycles. The molecule has 2 aromatic carbocycles. The van der Waals surface area contributed by atoms with Gasteiger partial charge in [0.1, 0.15) is 45.4 Å². The number of rotatable bonds is 12. The molecular weight excluding hydrogens is 897 g/mol. The molecule has 5 N–H and O–H groups in total. The van der Waals surface area contributed by atoms with Crippen molar-refractivity contribution in [3.8, 4) is 22.9 Å². The average Bonchev–Trinajstić information content (AvgIpc) is 3.52. The fourth-order valence-electron chi connectivity index (χ4n) is 8.37. The number of aromatic nitrogens is 2. The van der Waals surface area contributed by atoms with Gasteiger partial charge < -0.3 is 40.4 Å². The Morgan fingerprint density at radius 1 is 1.04 bits per heavy atom. The molecule has 0 unspecified atom stereocenters. The first-order valence-corrected chi connectivity index (χ1v) is 25.3. The van der Waals surface area contributed by atoms with E-state index in [0.717, 1.165) is 30.8 Å². The normalized spacial score (nSPS) is 22.7. The third-order valence-electron chi connectivity index (χ3n) is 11.9. The van der Waals surface area contributed by atoms with Crippen molar-refractivity contribution >= 4 is 66.9 Å². The third kappa shape index (κ3) is 12.0. The van der Waals surface area contributed by atoms with Crippen molar-refractivity contribution in [3.63, 3.8) is 0 Å². The minimum absolute atomic E-state index is 0.0189. The number of carbonyl (C=O) groups excluding carboxylic acids is 4. The van der Waals surface area contributed by atoms with E-state index in [0.29, 0.717) is 52.4 Å². The first-order valence-electron chi connectivity index (χ1n) is 22.9. The lowest BCUT2D eigenvalue weighted by Gasteiger charge is -2.28. The summed E-state index contributed by atoms with van der Waals surface area (Å²) in [5.41, 5.74) is -0.278. The lowest BCUT2D eigenvalue weighted by molar-refractivity contribution is -0.140. The Kier molecular flexibility index (Phi) is 15.0. The highest BCUT2D eigenvalue weighted by Gasteiger charge is 2.61. The molecule has 5 atom stereocenters. The van der Waals surface area contributed by atoms with Crippen LogP contribution >= 0.6 is 11.3 Å². The molecule has 360 valence electrons. The summed E-state index contributed by atoms with van der Waals surface area (Å²) in [7, 11) is -2.82. The molecule has 17 nitrogen and oxygen atoms in total. The van der Waals surface area contributed by atoms with Crippen molar-refractivity contribution in [2.24, 2.45) is 5.92 Å². The third-order valence-corrected chi connectivity index (χ3v) is 14.0. The highest BCUT2D eigenvalue weighted by Crippen LogP contribution is 2.46. The maximum Gasteiger partial charge on any atom is 0.407 e. The summed E-state index contributed by atoms with van der Waals surface area (Å²) in [6, 6.07) is 12.0. The summed E-state index contributed by atoms with van der Waals surface area (Å²) in [6.07, 6.45) is 6.19. The molecule has 7 rings (SSSR count). The second kappa shape index (κ2) is 20.5. The van der Waals surface area contributed by atoms with E-state index in [9.17, 15) is 27.6 Å². The summed E-state index contributed by atoms with van der Waals surface area (Å²) in [6.45, 7) is 11.6. The quantitative estimate of drug-likeness (QED) is 0.0893. The van der Waals surface area contributed by atoms with Crippen LogP contribution in [0.15, 0.2) is 71.0 Å². The number of alkyl carbamates (subject to hydrolysis) is 1. The van der Waals surface area contributed by atoms with Crippen LogP contribution in [0.3, 0.4) is 0 Å². The van der Waals surface area contributed by atoms with Crippen LogP contribution in [0, 0.1) is 5.92 Å². The van der Waals surface area contributed by atoms with Crippen LogP contribution in [0.5, 0.6) is 11.5 Å². The van der Waals surface area contributed by atoms with Gasteiger partial charge in [-0.3, -0.25) is 14.4 Å². The Morgan fingerprint density at radius 3 is 2.58 bits per heavy atom. The number of hydrogen-bond acceptors (Lipinski definition) is 14. The second-order valence-corrected chi connectivity index (χ2v) is 21.1. The molecule has 4 aromatic rings. The molecule has 0 radical (unpaired) electrons. The number of methoxy groups -OCH3 is 1. The summed E-state index contributed by atoms with van der Waals surface area (Å²) >= 11 is 1.45. The van der Waals surface area contributed by atoms with Gasteiger partial charge >= 0.3 is 6.09 Å². The molecule has 67 heavy (non-hydrogen) atoms. The van der Waals surface area contributed by atoms with Crippen molar-refractivity contribution in [2.75, 3.05) is 30.8 Å². The van der Waals surface area contributed by atoms with Gasteiger partial charge in [-0.1, -0.05) is 37.6 Å². The number of para-hydroxylation sites is 1. The van der Waals surface area contributed by atoms with Crippen molar-refractivity contribution in [1.29, 1.82) is 0 Å². The van der Waals surface area contributed by atoms with Gasteiger partial charge in [0.25, 0.3) is 15.9 Å². The van der Waals surface area contributed by atoms with Crippen LogP contribution in [0.2, 0.25) is 0 Å². The fraction of sp³-hybridized carbons (Fsp3) is 0.500. The highest BCUT2D eigenvalue weighted by molar-refractivity contribution is 7.90. The zero-order valence-electron chi connectivity index (χ0n) is 39.1. The number of nitrogens with one attached hydrogen (secondary N) is 5. The van der Waals surface area contributed by atoms with Gasteiger partial charge in [-0.05, 0) is 91.0 Å². The Hall–Kier alpha value is -5.95. The second-order valence-electron chi connectivity index (χ2n) is 18.6. The Morgan fingerprint density at radius 2 is 1.84 bits per heavy atom. The number of carbonyl (C=O) groups is 4. The number of fused-ring (bicyclic) bond motifs is 3. The fourth-order valence-corrected chi connectivity index (χ4v) is 10.4. The van der Waals surface area contributed by atoms with Crippen LogP contribution in [-0.2, 0) is 29.1 Å². The number of amides is 4. The topological polar surface area (TPSA) is 219 Å². The van der Waals surface area contributed by atoms with Crippen molar-refractivity contribution in [2.45, 2.75) is 133 Å². The monoisotopic (exact) mass is 958 g/mol. The SMILES string of the molecule is CC[C@@H](CC(=O)N1C[C@H](Oc2cc(-c3csc(NC(C)C)n3)nc3cc(OC)ccc23)C[C@H]1C(=O)N[C@]12C[C@@H]1/C=C\CCCCCNc1ccccc1S(=O)(=O)NC2=O)NC(=O)OC(C)(C)C. The first kappa shape index (κ1) is 49.0. The van der Waals surface area contributed by atoms with E-state index in [1.165, 1.54) is 22.3 Å². The summed E-state index contributed by atoms with van der Waals surface area (Å²) in [5, 5.41) is 15.5. The minimum atomic E-state index is -4.39. The Bertz CT molecular complexity index is 2610. The van der Waals surface area contributed by atoms with E-state index in [4.69, 9.17) is 24.2 Å². The van der Waals surface area contributed by atoms with Crippen molar-refractivity contribution in [1.82, 2.24) is 30.2 Å². The van der Waals surface area contributed by atoms with E-state index < -0.39 is 69.1 Å². The zero-order valence-corrected chi connectivity index (χ0v) is 40.8. The van der Waals surface area contributed by atoms with Gasteiger partial charge in [-0.25, -0.2) is 27.9 Å². The maximum absolute atomic E-state index is 14.8. The van der Waals surface area contributed by atoms with Crippen LogP contribution in [-0.4, -0.2) is 103 Å². The number of benzene rings is 2. The van der Waals surface area contributed by atoms with Gasteiger partial charge in [0.05, 0.1) is 30.6 Å². The van der Waals surface area contributed by atoms with Gasteiger partial charge in [-0.15, -0.1) is 11.3 Å². The number of allylic oxidation sites excluding steroid dienone is 1. The molecular formula is C48H62N8O9S2. The van der Waals surface area contributed by atoms with Crippen molar-refractivity contribution in [3.05, 3.63) is 66.1 Å². The molecule has 2 aromatic heterocycles. The van der Waals surface area contributed by atoms with E-state index in [2.05, 4.69) is 26.0 Å². The Labute approximate surface area is 396 Å². The van der Waals surface area contributed by atoms with Crippen LogP contribution in [0.4, 0.5) is 15.6 Å². The number of ether oxygens (including phenoxy) is 3. The van der Waals surface area contributed by atoms with E-state index >= 15 is 0 Å². The van der Waals surface area contributed by atoms with Crippen LogP contribution in [0.1, 0.15) is 92.9 Å². The van der Waals surface area contributed by atoms with Crippen LogP contribution < -0.4 is 35.5 Å². The number of nitrogens with zero attached hydrogens (tertiary/aromatic N) is 3. The molecule has 4 heterocycles. The van der Waals surface area contributed by atoms with Gasteiger partial charge in [-0.2, -0.15) is 0 Å². The molecule has 4 amide bonds. The standard InChI is InChI=1S/C48H62N8O9S2/c1-8-31(51-46(60)65-47(4,5)6)22-42(57)56-27-33(64-40-25-37(38-28-66-45(53-38)50-29(2)3)52-36-23-32(63-7)19-20-34(36)40)24-39(56)43(58)54-48-26-30(48)16-12-10-9-11-15-21-49-35-17-13-14-18-41(35)67(61,62)55-44(48)59/h12-14,16-20,23,25,28-31,33,39,49H,8-11,15,21-22,24,26-27H2,1-7H3,(H,50,53)(H,51,60)(H,54,58)(H,55,59)/b16-12-/t30-,31-,33+,39-,48+/m0/s1. The molecule has 0 bridgehead atoms. The number of sulfonamides is 1. The first-order chi connectivity index (χ1) is 31.9.